The van der Waals surface area contributed by atoms with E-state index in [4.69, 9.17) is 0 Å². The molecule has 1 N–H and O–H groups in total. The Labute approximate surface area is 125 Å². The van der Waals surface area contributed by atoms with Crippen molar-refractivity contribution in [1.82, 2.24) is 10.3 Å². The second-order valence-electron chi connectivity index (χ2n) is 4.41. The van der Waals surface area contributed by atoms with Crippen LogP contribution in [0.4, 0.5) is 8.78 Å². The Morgan fingerprint density at radius 1 is 1.30 bits per heavy atom. The summed E-state index contributed by atoms with van der Waals surface area (Å²) >= 11 is 3.10. The molecule has 0 radical (unpaired) electrons. The van der Waals surface area contributed by atoms with Crippen molar-refractivity contribution >= 4 is 15.9 Å². The average Bonchev–Trinajstić information content (AvgIpc) is 2.47. The van der Waals surface area contributed by atoms with Crippen LogP contribution in [0.25, 0.3) is 0 Å². The fraction of sp³-hybridized carbons (Fsp3) is 0.267. The number of benzene rings is 1. The van der Waals surface area contributed by atoms with Crippen molar-refractivity contribution in [2.24, 2.45) is 0 Å². The monoisotopic (exact) mass is 340 g/mol. The molecule has 0 saturated carbocycles. The maximum absolute atomic E-state index is 14.3. The summed E-state index contributed by atoms with van der Waals surface area (Å²) in [6.45, 7) is 1.99. The van der Waals surface area contributed by atoms with Crippen LogP contribution in [0.5, 0.6) is 0 Å². The van der Waals surface area contributed by atoms with Gasteiger partial charge in [0, 0.05) is 18.0 Å². The molecule has 2 rings (SSSR count). The fourth-order valence-corrected chi connectivity index (χ4v) is 2.62. The molecule has 0 fully saturated rings. The normalized spacial score (nSPS) is 12.4. The Kier molecular flexibility index (Phi) is 4.83. The van der Waals surface area contributed by atoms with Gasteiger partial charge in [0.15, 0.2) is 0 Å². The van der Waals surface area contributed by atoms with E-state index in [1.807, 2.05) is 6.92 Å². The summed E-state index contributed by atoms with van der Waals surface area (Å²) in [6.07, 6.45) is 4.11. The first-order chi connectivity index (χ1) is 9.60. The molecule has 0 amide bonds. The van der Waals surface area contributed by atoms with Gasteiger partial charge in [0.25, 0.3) is 0 Å². The number of hydrogen-bond donors (Lipinski definition) is 1. The summed E-state index contributed by atoms with van der Waals surface area (Å²) in [5.74, 6) is -1.15. The highest BCUT2D eigenvalue weighted by atomic mass is 79.9. The van der Waals surface area contributed by atoms with Crippen LogP contribution in [0.2, 0.25) is 0 Å². The van der Waals surface area contributed by atoms with Crippen LogP contribution in [0.1, 0.15) is 29.7 Å². The minimum atomic E-state index is -0.580. The molecule has 5 heteroatoms. The van der Waals surface area contributed by atoms with Gasteiger partial charge >= 0.3 is 0 Å². The summed E-state index contributed by atoms with van der Waals surface area (Å²) < 4.78 is 28.6. The lowest BCUT2D eigenvalue weighted by Crippen LogP contribution is -2.22. The lowest BCUT2D eigenvalue weighted by molar-refractivity contribution is 0.517. The van der Waals surface area contributed by atoms with Crippen LogP contribution in [-0.4, -0.2) is 12.0 Å². The molecule has 20 heavy (non-hydrogen) atoms. The molecule has 1 heterocycles. The number of hydrogen-bond acceptors (Lipinski definition) is 2. The molecule has 0 saturated heterocycles. The number of nitrogens with one attached hydrogen (secondary N) is 1. The van der Waals surface area contributed by atoms with Crippen LogP contribution in [0, 0.1) is 11.6 Å². The number of rotatable bonds is 4. The van der Waals surface area contributed by atoms with E-state index >= 15 is 0 Å². The third-order valence-electron chi connectivity index (χ3n) is 3.29. The first kappa shape index (κ1) is 15.1. The van der Waals surface area contributed by atoms with Gasteiger partial charge in [-0.15, -0.1) is 0 Å². The highest BCUT2D eigenvalue weighted by molar-refractivity contribution is 9.10. The molecule has 0 aliphatic heterocycles. The summed E-state index contributed by atoms with van der Waals surface area (Å²) in [7, 11) is 1.68. The van der Waals surface area contributed by atoms with Gasteiger partial charge in [0.05, 0.1) is 10.5 Å². The molecule has 1 aromatic heterocycles. The Morgan fingerprint density at radius 3 is 2.70 bits per heavy atom. The molecule has 1 aromatic carbocycles. The highest BCUT2D eigenvalue weighted by Crippen LogP contribution is 2.31. The number of halogens is 3. The predicted octanol–water partition coefficient (Wildman–Crippen LogP) is 3.99. The summed E-state index contributed by atoms with van der Waals surface area (Å²) in [6, 6.07) is 3.87. The largest absolute Gasteiger partial charge is 0.309 e. The first-order valence-corrected chi connectivity index (χ1v) is 7.12. The minimum Gasteiger partial charge on any atom is -0.309 e. The molecular formula is C15H15BrF2N2. The quantitative estimate of drug-likeness (QED) is 0.851. The molecule has 0 aliphatic carbocycles. The van der Waals surface area contributed by atoms with E-state index in [1.165, 1.54) is 12.1 Å². The van der Waals surface area contributed by atoms with E-state index in [-0.39, 0.29) is 10.0 Å². The van der Waals surface area contributed by atoms with Gasteiger partial charge in [-0.2, -0.15) is 0 Å². The Bertz CT molecular complexity index is 617. The zero-order valence-corrected chi connectivity index (χ0v) is 12.8. The van der Waals surface area contributed by atoms with E-state index in [2.05, 4.69) is 26.2 Å². The zero-order valence-electron chi connectivity index (χ0n) is 11.3. The summed E-state index contributed by atoms with van der Waals surface area (Å²) in [5.41, 5.74) is 1.81. The number of aromatic nitrogens is 1. The lowest BCUT2D eigenvalue weighted by atomic mass is 9.94. The van der Waals surface area contributed by atoms with Crippen molar-refractivity contribution in [1.29, 1.82) is 0 Å². The number of nitrogens with zero attached hydrogens (tertiary/aromatic N) is 1. The molecule has 106 valence electrons. The second kappa shape index (κ2) is 6.41. The van der Waals surface area contributed by atoms with Crippen LogP contribution >= 0.6 is 15.9 Å². The van der Waals surface area contributed by atoms with E-state index < -0.39 is 17.7 Å². The van der Waals surface area contributed by atoms with Crippen molar-refractivity contribution in [2.75, 3.05) is 7.05 Å². The molecule has 0 spiro atoms. The van der Waals surface area contributed by atoms with Gasteiger partial charge in [0.1, 0.15) is 11.6 Å². The average molecular weight is 341 g/mol. The van der Waals surface area contributed by atoms with Gasteiger partial charge in [-0.25, -0.2) is 8.78 Å². The van der Waals surface area contributed by atoms with Crippen molar-refractivity contribution in [3.63, 3.8) is 0 Å². The molecular weight excluding hydrogens is 326 g/mol. The third kappa shape index (κ3) is 2.74. The van der Waals surface area contributed by atoms with Crippen LogP contribution < -0.4 is 5.32 Å². The second-order valence-corrected chi connectivity index (χ2v) is 5.26. The predicted molar refractivity (Wildman–Crippen MR) is 78.6 cm³/mol. The minimum absolute atomic E-state index is 0.0165. The van der Waals surface area contributed by atoms with Crippen molar-refractivity contribution in [3.8, 4) is 0 Å². The van der Waals surface area contributed by atoms with Crippen LogP contribution in [-0.2, 0) is 6.42 Å². The van der Waals surface area contributed by atoms with Crippen molar-refractivity contribution < 1.29 is 8.78 Å². The fourth-order valence-electron chi connectivity index (χ4n) is 2.28. The maximum atomic E-state index is 14.3. The Balaban J connectivity index is 2.62. The van der Waals surface area contributed by atoms with Gasteiger partial charge in [-0.3, -0.25) is 4.98 Å². The van der Waals surface area contributed by atoms with Crippen LogP contribution in [0.3, 0.4) is 0 Å². The molecule has 2 aromatic rings. The molecule has 2 nitrogen and oxygen atoms in total. The van der Waals surface area contributed by atoms with E-state index in [1.54, 1.807) is 25.5 Å². The van der Waals surface area contributed by atoms with Crippen LogP contribution in [0.15, 0.2) is 35.1 Å². The van der Waals surface area contributed by atoms with Crippen molar-refractivity contribution in [3.05, 3.63) is 63.4 Å². The summed E-state index contributed by atoms with van der Waals surface area (Å²) in [5, 5.41) is 2.99. The van der Waals surface area contributed by atoms with E-state index in [0.717, 1.165) is 17.5 Å². The zero-order chi connectivity index (χ0) is 14.7. The molecule has 1 atom stereocenters. The Morgan fingerprint density at radius 2 is 2.05 bits per heavy atom. The Hall–Kier alpha value is -1.33. The maximum Gasteiger partial charge on any atom is 0.145 e. The number of pyridine rings is 1. The van der Waals surface area contributed by atoms with Gasteiger partial charge in [0.2, 0.25) is 0 Å². The molecule has 0 aliphatic rings. The van der Waals surface area contributed by atoms with E-state index in [9.17, 15) is 8.78 Å². The highest BCUT2D eigenvalue weighted by Gasteiger charge is 2.23. The topological polar surface area (TPSA) is 24.9 Å². The van der Waals surface area contributed by atoms with Gasteiger partial charge in [-0.05, 0) is 58.7 Å². The standard InChI is InChI=1S/C15H15BrF2N2/c1-3-9-8-20-7-6-10(9)15(19-2)13-12(17)5-4-11(16)14(13)18/h4-8,15,19H,3H2,1-2H3. The SMILES string of the molecule is CCc1cnccc1C(NC)c1c(F)ccc(Br)c1F. The third-order valence-corrected chi connectivity index (χ3v) is 3.90. The lowest BCUT2D eigenvalue weighted by Gasteiger charge is -2.21. The first-order valence-electron chi connectivity index (χ1n) is 6.33. The van der Waals surface area contributed by atoms with Gasteiger partial charge < -0.3 is 5.32 Å². The van der Waals surface area contributed by atoms with Gasteiger partial charge in [-0.1, -0.05) is 6.92 Å². The smallest absolute Gasteiger partial charge is 0.145 e. The summed E-state index contributed by atoms with van der Waals surface area (Å²) in [4.78, 5) is 4.06. The molecule has 0 bridgehead atoms. The number of aryl methyl sites for hydroxylation is 1. The molecule has 1 unspecified atom stereocenters. The van der Waals surface area contributed by atoms with E-state index in [0.29, 0.717) is 0 Å². The van der Waals surface area contributed by atoms with Crippen molar-refractivity contribution in [2.45, 2.75) is 19.4 Å².